The molecule has 2 aromatic heterocycles. The first-order valence-electron chi connectivity index (χ1n) is 19.5. The topological polar surface area (TPSA) is 25.8 Å². The molecule has 0 amide bonds. The maximum Gasteiger partial charge on any atom is 0.160 e. The summed E-state index contributed by atoms with van der Waals surface area (Å²) in [5.74, 6) is 0.707. The molecule has 0 aliphatic heterocycles. The lowest BCUT2D eigenvalue weighted by Crippen LogP contribution is -2.22. The summed E-state index contributed by atoms with van der Waals surface area (Å²) in [6, 6.07) is 72.2. The molecule has 0 N–H and O–H groups in total. The van der Waals surface area contributed by atoms with E-state index >= 15 is 0 Å². The van der Waals surface area contributed by atoms with Gasteiger partial charge in [-0.05, 0) is 87.3 Å². The van der Waals surface area contributed by atoms with Crippen molar-refractivity contribution < 1.29 is 0 Å². The highest BCUT2D eigenvalue weighted by Crippen LogP contribution is 2.53. The van der Waals surface area contributed by atoms with Gasteiger partial charge in [0.15, 0.2) is 5.82 Å². The van der Waals surface area contributed by atoms with Crippen LogP contribution in [0.4, 0.5) is 0 Å². The fourth-order valence-corrected chi connectivity index (χ4v) is 9.99. The van der Waals surface area contributed by atoms with E-state index in [0.717, 1.165) is 39.2 Å². The minimum atomic E-state index is -0.238. The second kappa shape index (κ2) is 13.4. The highest BCUT2D eigenvalue weighted by Gasteiger charge is 2.40. The van der Waals surface area contributed by atoms with Crippen molar-refractivity contribution in [3.05, 3.63) is 217 Å². The summed E-state index contributed by atoms with van der Waals surface area (Å²) in [5, 5.41) is 2.62. The molecule has 10 aromatic rings. The van der Waals surface area contributed by atoms with Crippen LogP contribution in [0.5, 0.6) is 0 Å². The Balaban J connectivity index is 1.02. The molecule has 0 fully saturated rings. The Morgan fingerprint density at radius 2 is 0.965 bits per heavy atom. The molecule has 3 heteroatoms. The normalized spacial score (nSPS) is 14.5. The molecular formula is C54H36N2S. The van der Waals surface area contributed by atoms with E-state index in [0.29, 0.717) is 5.82 Å². The lowest BCUT2D eigenvalue weighted by atomic mass is 9.74. The Labute approximate surface area is 336 Å². The molecule has 8 aromatic carbocycles. The number of aromatic nitrogens is 2. The smallest absolute Gasteiger partial charge is 0.160 e. The molecule has 0 spiro atoms. The first kappa shape index (κ1) is 33.4. The third kappa shape index (κ3) is 5.54. The van der Waals surface area contributed by atoms with Crippen molar-refractivity contribution in [2.45, 2.75) is 12.3 Å². The van der Waals surface area contributed by atoms with Gasteiger partial charge in [0.05, 0.1) is 11.4 Å². The molecule has 2 heterocycles. The molecule has 11 rings (SSSR count). The molecule has 1 atom stereocenters. The summed E-state index contributed by atoms with van der Waals surface area (Å²) in [6.07, 6.45) is 0. The molecule has 57 heavy (non-hydrogen) atoms. The maximum atomic E-state index is 5.26. The van der Waals surface area contributed by atoms with E-state index < -0.39 is 0 Å². The zero-order valence-corrected chi connectivity index (χ0v) is 32.2. The van der Waals surface area contributed by atoms with Crippen LogP contribution in [-0.4, -0.2) is 9.97 Å². The monoisotopic (exact) mass is 744 g/mol. The zero-order chi connectivity index (χ0) is 37.9. The van der Waals surface area contributed by atoms with Crippen LogP contribution in [0, 0.1) is 0 Å². The fraction of sp³-hybridized carbons (Fsp3) is 0.0370. The average molecular weight is 745 g/mol. The third-order valence-corrected chi connectivity index (χ3v) is 13.0. The fourth-order valence-electron chi connectivity index (χ4n) is 8.90. The van der Waals surface area contributed by atoms with Gasteiger partial charge in [0, 0.05) is 42.3 Å². The van der Waals surface area contributed by atoms with Crippen molar-refractivity contribution in [2.75, 3.05) is 0 Å². The summed E-state index contributed by atoms with van der Waals surface area (Å²) < 4.78 is 2.64. The Bertz CT molecular complexity index is 3130. The van der Waals surface area contributed by atoms with E-state index in [-0.39, 0.29) is 5.41 Å². The molecule has 2 nitrogen and oxygen atoms in total. The molecule has 1 aliphatic carbocycles. The SMILES string of the molecule is CC1(c2ccccc2)c2ccccc2-c2cc(-c3ccccc3-c3cc(-c4ccc(-c5ccc6sc7ccccc7c6c5)cc4)nc(-c4ccccc4)n3)ccc21. The summed E-state index contributed by atoms with van der Waals surface area (Å²) in [7, 11) is 0. The Hall–Kier alpha value is -6.94. The molecule has 1 aliphatic rings. The van der Waals surface area contributed by atoms with E-state index in [1.807, 2.05) is 29.5 Å². The van der Waals surface area contributed by atoms with E-state index in [4.69, 9.17) is 9.97 Å². The van der Waals surface area contributed by atoms with Crippen LogP contribution in [0.25, 0.3) is 87.5 Å². The Morgan fingerprint density at radius 1 is 0.368 bits per heavy atom. The van der Waals surface area contributed by atoms with Crippen LogP contribution < -0.4 is 0 Å². The number of nitrogens with zero attached hydrogens (tertiary/aromatic N) is 2. The lowest BCUT2D eigenvalue weighted by molar-refractivity contribution is 0.714. The van der Waals surface area contributed by atoms with Gasteiger partial charge in [0.2, 0.25) is 0 Å². The van der Waals surface area contributed by atoms with Crippen LogP contribution in [0.2, 0.25) is 0 Å². The standard InChI is InChI=1S/C54H36N2S/c1-54(40-16-6-3-7-17-40)47-22-12-10-19-42(47)45-33-39(28-30-48(45)54)41-18-8-9-20-43(41)50-34-49(55-53(56-50)37-14-4-2-5-15-37)36-26-24-35(25-27-36)38-29-31-52-46(32-38)44-21-11-13-23-51(44)57-52/h2-34H,1H3. The van der Waals surface area contributed by atoms with Crippen molar-refractivity contribution in [3.8, 4) is 67.3 Å². The van der Waals surface area contributed by atoms with Gasteiger partial charge in [0.25, 0.3) is 0 Å². The van der Waals surface area contributed by atoms with E-state index in [1.54, 1.807) is 0 Å². The van der Waals surface area contributed by atoms with Crippen molar-refractivity contribution in [2.24, 2.45) is 0 Å². The highest BCUT2D eigenvalue weighted by molar-refractivity contribution is 7.25. The molecular weight excluding hydrogens is 709 g/mol. The van der Waals surface area contributed by atoms with Crippen molar-refractivity contribution in [1.82, 2.24) is 9.97 Å². The summed E-state index contributed by atoms with van der Waals surface area (Å²) in [6.45, 7) is 2.37. The maximum absolute atomic E-state index is 5.26. The molecule has 268 valence electrons. The van der Waals surface area contributed by atoms with Crippen molar-refractivity contribution in [3.63, 3.8) is 0 Å². The second-order valence-corrected chi connectivity index (χ2v) is 16.1. The lowest BCUT2D eigenvalue weighted by Gasteiger charge is -2.28. The van der Waals surface area contributed by atoms with Crippen molar-refractivity contribution >= 4 is 31.5 Å². The van der Waals surface area contributed by atoms with Crippen LogP contribution in [0.3, 0.4) is 0 Å². The van der Waals surface area contributed by atoms with Gasteiger partial charge in [-0.2, -0.15) is 0 Å². The predicted molar refractivity (Wildman–Crippen MR) is 240 cm³/mol. The van der Waals surface area contributed by atoms with Gasteiger partial charge in [-0.1, -0.05) is 170 Å². The van der Waals surface area contributed by atoms with Gasteiger partial charge in [-0.3, -0.25) is 0 Å². The third-order valence-electron chi connectivity index (χ3n) is 11.8. The quantitative estimate of drug-likeness (QED) is 0.169. The Kier molecular flexibility index (Phi) is 7.84. The molecule has 0 radical (unpaired) electrons. The average Bonchev–Trinajstić information content (AvgIpc) is 3.79. The van der Waals surface area contributed by atoms with E-state index in [2.05, 4.69) is 189 Å². The highest BCUT2D eigenvalue weighted by atomic mass is 32.1. The number of hydrogen-bond acceptors (Lipinski definition) is 3. The second-order valence-electron chi connectivity index (χ2n) is 15.1. The van der Waals surface area contributed by atoms with Gasteiger partial charge in [0.1, 0.15) is 0 Å². The van der Waals surface area contributed by atoms with Crippen LogP contribution in [-0.2, 0) is 5.41 Å². The number of thiophene rings is 1. The zero-order valence-electron chi connectivity index (χ0n) is 31.4. The number of fused-ring (bicyclic) bond motifs is 6. The van der Waals surface area contributed by atoms with Gasteiger partial charge < -0.3 is 0 Å². The van der Waals surface area contributed by atoms with Crippen LogP contribution >= 0.6 is 11.3 Å². The van der Waals surface area contributed by atoms with Gasteiger partial charge >= 0.3 is 0 Å². The van der Waals surface area contributed by atoms with Gasteiger partial charge in [-0.25, -0.2) is 9.97 Å². The molecule has 0 saturated carbocycles. The van der Waals surface area contributed by atoms with Crippen LogP contribution in [0.1, 0.15) is 23.6 Å². The summed E-state index contributed by atoms with van der Waals surface area (Å²) >= 11 is 1.85. The minimum Gasteiger partial charge on any atom is -0.228 e. The molecule has 0 saturated heterocycles. The summed E-state index contributed by atoms with van der Waals surface area (Å²) in [5.41, 5.74) is 15.9. The van der Waals surface area contributed by atoms with Gasteiger partial charge in [-0.15, -0.1) is 11.3 Å². The first-order chi connectivity index (χ1) is 28.1. The number of rotatable bonds is 6. The summed E-state index contributed by atoms with van der Waals surface area (Å²) in [4.78, 5) is 10.4. The minimum absolute atomic E-state index is 0.238. The van der Waals surface area contributed by atoms with Crippen LogP contribution in [0.15, 0.2) is 200 Å². The molecule has 1 unspecified atom stereocenters. The molecule has 0 bridgehead atoms. The van der Waals surface area contributed by atoms with E-state index in [1.165, 1.54) is 59.1 Å². The predicted octanol–water partition coefficient (Wildman–Crippen LogP) is 14.5. The van der Waals surface area contributed by atoms with E-state index in [9.17, 15) is 0 Å². The number of benzene rings is 8. The van der Waals surface area contributed by atoms with Crippen molar-refractivity contribution in [1.29, 1.82) is 0 Å². The first-order valence-corrected chi connectivity index (χ1v) is 20.3. The largest absolute Gasteiger partial charge is 0.228 e. The Morgan fingerprint density at radius 3 is 1.79 bits per heavy atom. The number of hydrogen-bond donors (Lipinski definition) is 0.